The number of rotatable bonds is 45. The molecule has 0 aromatic rings. The topological polar surface area (TPSA) is 146 Å². The lowest BCUT2D eigenvalue weighted by Gasteiger charge is -2.31. The van der Waals surface area contributed by atoms with Crippen molar-refractivity contribution in [2.24, 2.45) is 0 Å². The second kappa shape index (κ2) is 40.2. The Morgan fingerprint density at radius 1 is 0.410 bits per heavy atom. The van der Waals surface area contributed by atoms with E-state index in [0.717, 1.165) is 96.6 Å². The summed E-state index contributed by atoms with van der Waals surface area (Å²) in [4.78, 5) is 30.5. The third-order valence-electron chi connectivity index (χ3n) is 12.8. The van der Waals surface area contributed by atoms with Gasteiger partial charge in [-0.05, 0) is 77.8 Å². The highest BCUT2D eigenvalue weighted by Crippen LogP contribution is 2.17. The number of piperazine rings is 1. The first-order valence-electron chi connectivity index (χ1n) is 26.4. The first-order valence-corrected chi connectivity index (χ1v) is 26.4. The summed E-state index contributed by atoms with van der Waals surface area (Å²) < 4.78 is 0. The average Bonchev–Trinajstić information content (AvgIpc) is 3.22. The van der Waals surface area contributed by atoms with Crippen LogP contribution in [0.3, 0.4) is 0 Å². The zero-order valence-electron chi connectivity index (χ0n) is 40.5. The normalized spacial score (nSPS) is 17.8. The second-order valence-electron chi connectivity index (χ2n) is 19.2. The maximum absolute atomic E-state index is 13.1. The predicted molar refractivity (Wildman–Crippen MR) is 256 cm³/mol. The van der Waals surface area contributed by atoms with Gasteiger partial charge in [0, 0.05) is 26.2 Å². The van der Waals surface area contributed by atoms with Crippen LogP contribution in [0.1, 0.15) is 240 Å². The van der Waals surface area contributed by atoms with Gasteiger partial charge < -0.3 is 31.1 Å². The highest BCUT2D eigenvalue weighted by Gasteiger charge is 2.33. The van der Waals surface area contributed by atoms with Gasteiger partial charge in [0.05, 0.1) is 24.4 Å². The molecule has 0 aromatic heterocycles. The maximum atomic E-state index is 13.1. The number of carbonyl (C=O) groups excluding carboxylic acids is 2. The molecular weight excluding hydrogens is 765 g/mol. The first-order chi connectivity index (χ1) is 29.6. The van der Waals surface area contributed by atoms with E-state index in [4.69, 9.17) is 0 Å². The van der Waals surface area contributed by atoms with Crippen molar-refractivity contribution in [1.82, 2.24) is 20.4 Å². The summed E-state index contributed by atoms with van der Waals surface area (Å²) in [5.41, 5.74) is 0. The number of hydrogen-bond acceptors (Lipinski definition) is 8. The van der Waals surface area contributed by atoms with Gasteiger partial charge in [-0.15, -0.1) is 0 Å². The summed E-state index contributed by atoms with van der Waals surface area (Å²) in [6, 6.07) is -1.08. The van der Waals surface area contributed by atoms with Gasteiger partial charge in [-0.1, -0.05) is 175 Å². The van der Waals surface area contributed by atoms with Crippen LogP contribution < -0.4 is 10.6 Å². The Bertz CT molecular complexity index is 976. The molecule has 1 aliphatic rings. The van der Waals surface area contributed by atoms with E-state index in [-0.39, 0.29) is 11.8 Å². The van der Waals surface area contributed by atoms with Crippen LogP contribution in [0.4, 0.5) is 0 Å². The summed E-state index contributed by atoms with van der Waals surface area (Å²) in [7, 11) is 0. The minimum atomic E-state index is -0.540. The number of nitrogens with one attached hydrogen (secondary N) is 2. The fourth-order valence-electron chi connectivity index (χ4n) is 9.05. The molecule has 6 atom stereocenters. The first kappa shape index (κ1) is 57.7. The Morgan fingerprint density at radius 3 is 0.984 bits per heavy atom. The Morgan fingerprint density at radius 2 is 0.689 bits per heavy atom. The van der Waals surface area contributed by atoms with Crippen LogP contribution in [0.25, 0.3) is 0 Å². The highest BCUT2D eigenvalue weighted by atomic mass is 16.3. The van der Waals surface area contributed by atoms with Crippen LogP contribution >= 0.6 is 0 Å². The van der Waals surface area contributed by atoms with Crippen molar-refractivity contribution in [2.45, 2.75) is 276 Å². The van der Waals surface area contributed by atoms with E-state index in [1.165, 1.54) is 116 Å². The van der Waals surface area contributed by atoms with Gasteiger partial charge in [-0.2, -0.15) is 0 Å². The fraction of sp³-hybridized carbons (Fsp3) is 0.961. The Kier molecular flexibility index (Phi) is 38.1. The average molecular weight is 867 g/mol. The van der Waals surface area contributed by atoms with Crippen LogP contribution in [0.15, 0.2) is 0 Å². The Labute approximate surface area is 376 Å². The van der Waals surface area contributed by atoms with Gasteiger partial charge in [-0.3, -0.25) is 19.4 Å². The molecule has 1 fully saturated rings. The third-order valence-corrected chi connectivity index (χ3v) is 12.8. The molecule has 0 radical (unpaired) electrons. The third kappa shape index (κ3) is 33.8. The minimum Gasteiger partial charge on any atom is -0.392 e. The number of carbonyl (C=O) groups is 2. The highest BCUT2D eigenvalue weighted by molar-refractivity contribution is 5.96. The quantitative estimate of drug-likeness (QED) is 0.0332. The van der Waals surface area contributed by atoms with Crippen LogP contribution in [0.5, 0.6) is 0 Å². The number of unbranched alkanes of at least 4 members (excludes halogenated alkanes) is 23. The van der Waals surface area contributed by atoms with Crippen LogP contribution in [0.2, 0.25) is 0 Å². The molecule has 2 amide bonds. The maximum Gasteiger partial charge on any atom is 0.243 e. The van der Waals surface area contributed by atoms with Gasteiger partial charge >= 0.3 is 0 Å². The summed E-state index contributed by atoms with van der Waals surface area (Å²) >= 11 is 0. The van der Waals surface area contributed by atoms with E-state index in [2.05, 4.69) is 41.2 Å². The molecule has 362 valence electrons. The molecule has 61 heavy (non-hydrogen) atoms. The van der Waals surface area contributed by atoms with Crippen molar-refractivity contribution in [3.05, 3.63) is 0 Å². The summed E-state index contributed by atoms with van der Waals surface area (Å²) in [5, 5.41) is 48.7. The second-order valence-corrected chi connectivity index (χ2v) is 19.2. The van der Waals surface area contributed by atoms with Crippen molar-refractivity contribution >= 4 is 11.8 Å². The number of amides is 2. The molecular formula is C51H102N4O6. The van der Waals surface area contributed by atoms with Gasteiger partial charge in [0.2, 0.25) is 11.8 Å². The predicted octanol–water partition coefficient (Wildman–Crippen LogP) is 9.97. The minimum absolute atomic E-state index is 0.122. The summed E-state index contributed by atoms with van der Waals surface area (Å²) in [6.45, 7) is 12.2. The zero-order valence-corrected chi connectivity index (χ0v) is 40.5. The van der Waals surface area contributed by atoms with Gasteiger partial charge in [-0.25, -0.2) is 0 Å². The molecule has 10 heteroatoms. The van der Waals surface area contributed by atoms with E-state index in [1.54, 1.807) is 6.92 Å². The number of aliphatic hydroxyl groups excluding tert-OH is 4. The summed E-state index contributed by atoms with van der Waals surface area (Å²) in [6.07, 6.45) is 34.7. The lowest BCUT2D eigenvalue weighted by molar-refractivity contribution is -0.137. The van der Waals surface area contributed by atoms with E-state index < -0.39 is 36.5 Å². The van der Waals surface area contributed by atoms with Crippen molar-refractivity contribution in [3.63, 3.8) is 0 Å². The number of nitrogens with zero attached hydrogens (tertiary/aromatic N) is 2. The smallest absolute Gasteiger partial charge is 0.243 e. The van der Waals surface area contributed by atoms with Crippen LogP contribution in [-0.2, 0) is 9.59 Å². The van der Waals surface area contributed by atoms with E-state index >= 15 is 0 Å². The van der Waals surface area contributed by atoms with Gasteiger partial charge in [0.15, 0.2) is 0 Å². The van der Waals surface area contributed by atoms with E-state index in [1.807, 2.05) is 0 Å². The molecule has 1 rings (SSSR count). The van der Waals surface area contributed by atoms with E-state index in [0.29, 0.717) is 39.0 Å². The standard InChI is InChI=1S/C51H102N4O6/c1-5-8-11-14-17-20-23-26-33-45(57)41-54(40-44(4)56)38-31-29-36-48-50(60)53-49(51(61)52-48)37-30-32-39-55(42-46(58)34-27-24-21-18-15-12-9-6-2)43-47(59)35-28-25-22-19-16-13-10-7-3/h44-49,56-59H,5-43H2,1-4H3,(H,52,61)(H,53,60)/t44-,45-,46-,47-,48?,49?/m0/s1. The van der Waals surface area contributed by atoms with Crippen LogP contribution in [-0.4, -0.2) is 118 Å². The molecule has 2 unspecified atom stereocenters. The lowest BCUT2D eigenvalue weighted by atomic mass is 10.0. The molecule has 0 aliphatic carbocycles. The molecule has 6 N–H and O–H groups in total. The summed E-state index contributed by atoms with van der Waals surface area (Å²) in [5.74, 6) is -0.246. The van der Waals surface area contributed by atoms with E-state index in [9.17, 15) is 30.0 Å². The molecule has 1 saturated heterocycles. The van der Waals surface area contributed by atoms with Crippen molar-refractivity contribution < 1.29 is 30.0 Å². The lowest BCUT2D eigenvalue weighted by Crippen LogP contribution is -2.61. The molecule has 0 spiro atoms. The molecule has 1 aliphatic heterocycles. The number of aliphatic hydroxyl groups is 4. The van der Waals surface area contributed by atoms with Crippen molar-refractivity contribution in [1.29, 1.82) is 0 Å². The molecule has 0 aromatic carbocycles. The molecule has 1 heterocycles. The molecule has 0 saturated carbocycles. The van der Waals surface area contributed by atoms with Crippen LogP contribution in [0, 0.1) is 0 Å². The van der Waals surface area contributed by atoms with Crippen molar-refractivity contribution in [2.75, 3.05) is 39.3 Å². The monoisotopic (exact) mass is 867 g/mol. The van der Waals surface area contributed by atoms with Crippen molar-refractivity contribution in [3.8, 4) is 0 Å². The van der Waals surface area contributed by atoms with Gasteiger partial charge in [0.25, 0.3) is 0 Å². The largest absolute Gasteiger partial charge is 0.392 e. The molecule has 0 bridgehead atoms. The zero-order chi connectivity index (χ0) is 44.8. The number of hydrogen-bond donors (Lipinski definition) is 6. The Balaban J connectivity index is 2.47. The fourth-order valence-corrected chi connectivity index (χ4v) is 9.05. The molecule has 10 nitrogen and oxygen atoms in total. The Hall–Kier alpha value is -1.30. The van der Waals surface area contributed by atoms with Gasteiger partial charge in [0.1, 0.15) is 12.1 Å². The SMILES string of the molecule is CCCCCCCCCC[C@H](O)CN(CCCCC1NC(=O)C(CCCCN(C[C@@H](O)CCCCCCCCCC)C[C@H](C)O)NC1=O)C[C@@H](O)CCCCCCCCCC.